The molecule has 1 aliphatic heterocycles. The molecule has 3 aromatic rings. The van der Waals surface area contributed by atoms with Gasteiger partial charge in [-0.2, -0.15) is 0 Å². The van der Waals surface area contributed by atoms with Crippen LogP contribution in [0.2, 0.25) is 10.0 Å². The summed E-state index contributed by atoms with van der Waals surface area (Å²) < 4.78 is 0. The van der Waals surface area contributed by atoms with Gasteiger partial charge in [0.2, 0.25) is 0 Å². The maximum absolute atomic E-state index is 14.4. The van der Waals surface area contributed by atoms with Crippen molar-refractivity contribution >= 4 is 46.7 Å². The van der Waals surface area contributed by atoms with Crippen molar-refractivity contribution in [3.05, 3.63) is 99.0 Å². The number of hydrogen-bond acceptors (Lipinski definition) is 4. The second kappa shape index (κ2) is 12.2. The lowest BCUT2D eigenvalue weighted by atomic mass is 9.98. The summed E-state index contributed by atoms with van der Waals surface area (Å²) in [6.07, 6.45) is -0.0239. The van der Waals surface area contributed by atoms with Crippen molar-refractivity contribution in [1.29, 1.82) is 0 Å². The van der Waals surface area contributed by atoms with Crippen LogP contribution in [0.25, 0.3) is 0 Å². The fourth-order valence-electron chi connectivity index (χ4n) is 4.89. The molecule has 0 fully saturated rings. The Morgan fingerprint density at radius 3 is 2.08 bits per heavy atom. The number of aliphatic hydroxyl groups excluding tert-OH is 1. The molecule has 0 aliphatic carbocycles. The summed E-state index contributed by atoms with van der Waals surface area (Å²) in [7, 11) is 0. The number of rotatable bonds is 9. The average Bonchev–Trinajstić information content (AvgIpc) is 2.99. The van der Waals surface area contributed by atoms with Gasteiger partial charge in [-0.1, -0.05) is 53.5 Å². The first-order valence-electron chi connectivity index (χ1n) is 12.8. The summed E-state index contributed by atoms with van der Waals surface area (Å²) in [5.41, 5.74) is 2.65. The maximum atomic E-state index is 14.4. The summed E-state index contributed by atoms with van der Waals surface area (Å²) in [6.45, 7) is 3.70. The van der Waals surface area contributed by atoms with Crippen molar-refractivity contribution in [3.63, 3.8) is 0 Å². The van der Waals surface area contributed by atoms with Crippen LogP contribution < -0.4 is 4.90 Å². The Morgan fingerprint density at radius 1 is 0.897 bits per heavy atom. The first-order chi connectivity index (χ1) is 18.6. The first-order valence-corrected chi connectivity index (χ1v) is 13.5. The molecule has 9 heteroatoms. The van der Waals surface area contributed by atoms with E-state index in [0.29, 0.717) is 39.7 Å². The molecule has 0 aromatic heterocycles. The number of benzene rings is 3. The molecular formula is C30H30Cl2N2O5. The molecular weight excluding hydrogens is 539 g/mol. The lowest BCUT2D eigenvalue weighted by Crippen LogP contribution is -2.44. The monoisotopic (exact) mass is 568 g/mol. The summed E-state index contributed by atoms with van der Waals surface area (Å²) in [4.78, 5) is 43.0. The highest BCUT2D eigenvalue weighted by atomic mass is 35.5. The number of halogens is 2. The van der Waals surface area contributed by atoms with Crippen molar-refractivity contribution in [2.75, 3.05) is 11.4 Å². The number of nitrogens with zero attached hydrogens (tertiary/aromatic N) is 2. The van der Waals surface area contributed by atoms with E-state index in [0.717, 1.165) is 5.56 Å². The van der Waals surface area contributed by atoms with Gasteiger partial charge in [0.25, 0.3) is 11.8 Å². The third-order valence-corrected chi connectivity index (χ3v) is 7.52. The van der Waals surface area contributed by atoms with E-state index in [-0.39, 0.29) is 30.3 Å². The van der Waals surface area contributed by atoms with Crippen LogP contribution in [0.3, 0.4) is 0 Å². The normalized spacial score (nSPS) is 17.0. The van der Waals surface area contributed by atoms with Gasteiger partial charge in [-0.05, 0) is 79.8 Å². The smallest absolute Gasteiger partial charge is 0.303 e. The van der Waals surface area contributed by atoms with Gasteiger partial charge in [0.15, 0.2) is 0 Å². The van der Waals surface area contributed by atoms with Gasteiger partial charge in [-0.25, -0.2) is 0 Å². The van der Waals surface area contributed by atoms with Crippen molar-refractivity contribution in [3.8, 4) is 0 Å². The van der Waals surface area contributed by atoms with Crippen LogP contribution in [0.4, 0.5) is 5.69 Å². The van der Waals surface area contributed by atoms with Crippen molar-refractivity contribution in [1.82, 2.24) is 4.90 Å². The molecule has 3 atom stereocenters. The fraction of sp³-hybridized carbons (Fsp3) is 0.300. The number of aliphatic hydroxyl groups is 1. The maximum Gasteiger partial charge on any atom is 0.303 e. The van der Waals surface area contributed by atoms with E-state index < -0.39 is 24.2 Å². The Balaban J connectivity index is 1.89. The molecule has 2 amide bonds. The van der Waals surface area contributed by atoms with Gasteiger partial charge in [0.1, 0.15) is 6.04 Å². The van der Waals surface area contributed by atoms with Crippen LogP contribution in [-0.4, -0.2) is 39.4 Å². The highest BCUT2D eigenvalue weighted by Crippen LogP contribution is 2.41. The number of amides is 2. The predicted octanol–water partition coefficient (Wildman–Crippen LogP) is 6.59. The van der Waals surface area contributed by atoms with E-state index in [9.17, 15) is 19.5 Å². The number of aliphatic carboxylic acids is 1. The molecule has 0 saturated carbocycles. The number of carboxylic acids is 1. The van der Waals surface area contributed by atoms with Crippen LogP contribution in [0.15, 0.2) is 66.7 Å². The molecule has 7 nitrogen and oxygen atoms in total. The Kier molecular flexibility index (Phi) is 8.95. The largest absolute Gasteiger partial charge is 0.481 e. The van der Waals surface area contributed by atoms with Gasteiger partial charge in [-0.15, -0.1) is 0 Å². The second-order valence-corrected chi connectivity index (χ2v) is 10.6. The lowest BCUT2D eigenvalue weighted by Gasteiger charge is -2.36. The Bertz CT molecular complexity index is 1360. The van der Waals surface area contributed by atoms with E-state index in [1.54, 1.807) is 71.3 Å². The van der Waals surface area contributed by atoms with Crippen LogP contribution in [0.1, 0.15) is 78.3 Å². The number of hydrogen-bond donors (Lipinski definition) is 2. The van der Waals surface area contributed by atoms with Gasteiger partial charge >= 0.3 is 5.97 Å². The van der Waals surface area contributed by atoms with Gasteiger partial charge in [0.05, 0.1) is 23.4 Å². The minimum Gasteiger partial charge on any atom is -0.481 e. The average molecular weight is 569 g/mol. The Hall–Kier alpha value is -3.39. The lowest BCUT2D eigenvalue weighted by molar-refractivity contribution is -0.137. The topological polar surface area (TPSA) is 98.2 Å². The fourth-order valence-corrected chi connectivity index (χ4v) is 5.14. The zero-order chi connectivity index (χ0) is 28.3. The molecule has 2 N–H and O–H groups in total. The molecule has 2 unspecified atom stereocenters. The zero-order valence-electron chi connectivity index (χ0n) is 21.7. The van der Waals surface area contributed by atoms with Crippen LogP contribution in [0, 0.1) is 0 Å². The number of carbonyl (C=O) groups is 3. The van der Waals surface area contributed by atoms with E-state index in [1.165, 1.54) is 0 Å². The van der Waals surface area contributed by atoms with Crippen molar-refractivity contribution < 1.29 is 24.6 Å². The molecule has 3 aromatic carbocycles. The number of unbranched alkanes of at least 4 members (excludes halogenated alkanes) is 1. The second-order valence-electron chi connectivity index (χ2n) is 9.69. The van der Waals surface area contributed by atoms with Crippen molar-refractivity contribution in [2.24, 2.45) is 0 Å². The summed E-state index contributed by atoms with van der Waals surface area (Å²) in [6, 6.07) is 17.5. The Labute approximate surface area is 237 Å². The minimum absolute atomic E-state index is 0.0187. The quantitative estimate of drug-likeness (QED) is 0.283. The molecule has 4 rings (SSSR count). The van der Waals surface area contributed by atoms with E-state index in [2.05, 4.69) is 0 Å². The zero-order valence-corrected chi connectivity index (χ0v) is 23.2. The first kappa shape index (κ1) is 28.6. The third-order valence-electron chi connectivity index (χ3n) is 7.01. The highest BCUT2D eigenvalue weighted by molar-refractivity contribution is 6.30. The molecule has 1 heterocycles. The van der Waals surface area contributed by atoms with E-state index in [4.69, 9.17) is 28.3 Å². The highest BCUT2D eigenvalue weighted by Gasteiger charge is 2.43. The SMILES string of the molecule is CC(O)c1ccc2c(c1)C(=O)N(C(C)c1ccc(Cl)cc1)[C@@H](c1ccc(Cl)cc1)C(=O)N2CCCCC(=O)O. The molecule has 0 bridgehead atoms. The molecule has 204 valence electrons. The standard InChI is InChI=1S/C30H30Cl2N2O5/c1-18(20-6-11-23(31)12-7-20)34-28(21-8-13-24(32)14-9-21)30(39)33(16-4-3-5-27(36)37)26-15-10-22(19(2)35)17-25(26)29(34)38/h6-15,17-19,28,35H,3-5,16H2,1-2H3,(H,36,37)/t18?,19?,28-/m0/s1. The molecule has 1 aliphatic rings. The van der Waals surface area contributed by atoms with E-state index >= 15 is 0 Å². The summed E-state index contributed by atoms with van der Waals surface area (Å²) >= 11 is 12.3. The summed E-state index contributed by atoms with van der Waals surface area (Å²) in [5, 5.41) is 20.4. The van der Waals surface area contributed by atoms with E-state index in [1.807, 2.05) is 19.1 Å². The minimum atomic E-state index is -0.984. The summed E-state index contributed by atoms with van der Waals surface area (Å²) in [5.74, 6) is -1.59. The number of carbonyl (C=O) groups excluding carboxylic acids is 2. The predicted molar refractivity (Wildman–Crippen MR) is 151 cm³/mol. The Morgan fingerprint density at radius 2 is 1.49 bits per heavy atom. The van der Waals surface area contributed by atoms with Crippen LogP contribution >= 0.6 is 23.2 Å². The van der Waals surface area contributed by atoms with Crippen LogP contribution in [0.5, 0.6) is 0 Å². The van der Waals surface area contributed by atoms with Crippen molar-refractivity contribution in [2.45, 2.75) is 51.3 Å². The molecule has 0 saturated heterocycles. The molecule has 39 heavy (non-hydrogen) atoms. The van der Waals surface area contributed by atoms with Gasteiger partial charge < -0.3 is 20.0 Å². The molecule has 0 spiro atoms. The number of fused-ring (bicyclic) bond motifs is 1. The van der Waals surface area contributed by atoms with Gasteiger partial charge in [0, 0.05) is 23.0 Å². The number of anilines is 1. The molecule has 0 radical (unpaired) electrons. The third kappa shape index (κ3) is 6.27. The number of carboxylic acid groups (broad SMARTS) is 1. The van der Waals surface area contributed by atoms with Crippen LogP contribution in [-0.2, 0) is 9.59 Å². The van der Waals surface area contributed by atoms with Gasteiger partial charge in [-0.3, -0.25) is 14.4 Å².